The van der Waals surface area contributed by atoms with Gasteiger partial charge in [0.1, 0.15) is 6.26 Å². The van der Waals surface area contributed by atoms with Crippen LogP contribution in [0.15, 0.2) is 78.4 Å². The summed E-state index contributed by atoms with van der Waals surface area (Å²) in [5, 5.41) is 1.32. The maximum absolute atomic E-state index is 5.89. The minimum absolute atomic E-state index is 0.808. The van der Waals surface area contributed by atoms with E-state index in [1.807, 2.05) is 0 Å². The van der Waals surface area contributed by atoms with Crippen LogP contribution in [-0.4, -0.2) is 41.0 Å². The monoisotopic (exact) mass is 375 g/mol. The van der Waals surface area contributed by atoms with Crippen LogP contribution in [0.25, 0.3) is 10.9 Å². The number of aromatic amines is 1. The van der Waals surface area contributed by atoms with Gasteiger partial charge in [-0.25, -0.2) is 0 Å². The number of allylic oxidation sites excluding steroid dienone is 4. The molecule has 3 heterocycles. The van der Waals surface area contributed by atoms with Crippen molar-refractivity contribution in [1.82, 2.24) is 14.8 Å². The van der Waals surface area contributed by atoms with Crippen LogP contribution in [0.3, 0.4) is 0 Å². The fourth-order valence-corrected chi connectivity index (χ4v) is 4.02. The maximum Gasteiger partial charge on any atom is 0.231 e. The minimum atomic E-state index is 0.808. The summed E-state index contributed by atoms with van der Waals surface area (Å²) in [4.78, 5) is 8.13. The highest BCUT2D eigenvalue weighted by Crippen LogP contribution is 2.27. The molecule has 5 nitrogen and oxygen atoms in total. The second-order valence-corrected chi connectivity index (χ2v) is 7.46. The van der Waals surface area contributed by atoms with Gasteiger partial charge < -0.3 is 19.4 Å². The molecule has 3 aliphatic rings. The molecule has 0 spiro atoms. The number of ether oxygens (including phenoxy) is 2. The van der Waals surface area contributed by atoms with E-state index in [4.69, 9.17) is 9.47 Å². The van der Waals surface area contributed by atoms with Crippen molar-refractivity contribution in [2.45, 2.75) is 19.4 Å². The molecule has 1 aromatic heterocycles. The van der Waals surface area contributed by atoms with Crippen molar-refractivity contribution in [3.63, 3.8) is 0 Å². The fraction of sp³-hybridized carbons (Fsp3) is 0.304. The molecule has 0 radical (unpaired) electrons. The molecule has 1 aliphatic carbocycles. The summed E-state index contributed by atoms with van der Waals surface area (Å²) in [6, 6.07) is 8.50. The van der Waals surface area contributed by atoms with Crippen LogP contribution in [0.1, 0.15) is 18.4 Å². The third-order valence-electron chi connectivity index (χ3n) is 5.66. The normalized spacial score (nSPS) is 20.3. The summed E-state index contributed by atoms with van der Waals surface area (Å²) in [6.45, 7) is 4.86. The molecule has 28 heavy (non-hydrogen) atoms. The first-order valence-corrected chi connectivity index (χ1v) is 9.99. The molecular formula is C23H25N3O2. The van der Waals surface area contributed by atoms with E-state index >= 15 is 0 Å². The van der Waals surface area contributed by atoms with Gasteiger partial charge in [-0.2, -0.15) is 0 Å². The maximum atomic E-state index is 5.89. The Hall–Kier alpha value is -2.92. The zero-order valence-electron chi connectivity index (χ0n) is 15.9. The number of hydrogen-bond acceptors (Lipinski definition) is 4. The van der Waals surface area contributed by atoms with Crippen LogP contribution < -0.4 is 0 Å². The Morgan fingerprint density at radius 1 is 1.00 bits per heavy atom. The Labute approximate surface area is 165 Å². The van der Waals surface area contributed by atoms with E-state index in [-0.39, 0.29) is 0 Å². The third-order valence-corrected chi connectivity index (χ3v) is 5.66. The standard InChI is InChI=1S/C23H25N3O2/c1-2-6-18(7-3-1)22-16-28-23(17-27-22)26-12-10-25(11-13-26)15-19-14-24-21-9-5-4-8-20(19)21/h1-2,4-6,8-9,14,16-17,24H,3,7,10-13,15H2. The number of piperazine rings is 1. The lowest BCUT2D eigenvalue weighted by Crippen LogP contribution is -2.45. The summed E-state index contributed by atoms with van der Waals surface area (Å²) >= 11 is 0. The molecule has 1 fully saturated rings. The van der Waals surface area contributed by atoms with Crippen molar-refractivity contribution >= 4 is 10.9 Å². The Morgan fingerprint density at radius 3 is 2.68 bits per heavy atom. The number of fused-ring (bicyclic) bond motifs is 1. The molecule has 1 saturated heterocycles. The minimum Gasteiger partial charge on any atom is -0.456 e. The molecule has 2 aliphatic heterocycles. The predicted molar refractivity (Wildman–Crippen MR) is 110 cm³/mol. The van der Waals surface area contributed by atoms with Crippen molar-refractivity contribution in [2.75, 3.05) is 26.2 Å². The Bertz CT molecular complexity index is 975. The second-order valence-electron chi connectivity index (χ2n) is 7.46. The van der Waals surface area contributed by atoms with E-state index in [0.717, 1.165) is 57.2 Å². The number of rotatable bonds is 4. The van der Waals surface area contributed by atoms with Crippen LogP contribution in [0.4, 0.5) is 0 Å². The van der Waals surface area contributed by atoms with Crippen LogP contribution in [0.5, 0.6) is 0 Å². The summed E-state index contributed by atoms with van der Waals surface area (Å²) in [6.07, 6.45) is 14.0. The van der Waals surface area contributed by atoms with E-state index in [2.05, 4.69) is 63.5 Å². The molecule has 0 amide bonds. The van der Waals surface area contributed by atoms with Gasteiger partial charge in [-0.1, -0.05) is 36.4 Å². The van der Waals surface area contributed by atoms with E-state index in [1.54, 1.807) is 12.5 Å². The van der Waals surface area contributed by atoms with E-state index in [0.29, 0.717) is 0 Å². The van der Waals surface area contributed by atoms with Gasteiger partial charge in [0.05, 0.1) is 0 Å². The van der Waals surface area contributed by atoms with Crippen LogP contribution in [0.2, 0.25) is 0 Å². The van der Waals surface area contributed by atoms with Crippen molar-refractivity contribution in [1.29, 1.82) is 0 Å². The van der Waals surface area contributed by atoms with E-state index < -0.39 is 0 Å². The first kappa shape index (κ1) is 17.2. The van der Waals surface area contributed by atoms with Crippen molar-refractivity contribution in [2.24, 2.45) is 0 Å². The van der Waals surface area contributed by atoms with Crippen molar-refractivity contribution in [3.05, 3.63) is 84.0 Å². The number of hydrogen-bond donors (Lipinski definition) is 1. The van der Waals surface area contributed by atoms with Crippen LogP contribution in [-0.2, 0) is 16.0 Å². The van der Waals surface area contributed by atoms with Gasteiger partial charge in [0, 0.05) is 49.8 Å². The fourth-order valence-electron chi connectivity index (χ4n) is 4.02. The Morgan fingerprint density at radius 2 is 1.89 bits per heavy atom. The molecule has 144 valence electrons. The first-order valence-electron chi connectivity index (χ1n) is 9.99. The van der Waals surface area contributed by atoms with Gasteiger partial charge in [-0.3, -0.25) is 4.90 Å². The Kier molecular flexibility index (Phi) is 4.67. The van der Waals surface area contributed by atoms with Crippen molar-refractivity contribution in [3.8, 4) is 0 Å². The second kappa shape index (κ2) is 7.60. The summed E-state index contributed by atoms with van der Waals surface area (Å²) in [5.41, 5.74) is 3.77. The van der Waals surface area contributed by atoms with Crippen LogP contribution in [0, 0.1) is 0 Å². The zero-order valence-corrected chi connectivity index (χ0v) is 15.9. The van der Waals surface area contributed by atoms with Gasteiger partial charge >= 0.3 is 0 Å². The van der Waals surface area contributed by atoms with Crippen LogP contribution >= 0.6 is 0 Å². The van der Waals surface area contributed by atoms with Gasteiger partial charge in [0.2, 0.25) is 5.88 Å². The molecule has 0 unspecified atom stereocenters. The molecule has 2 aromatic rings. The molecule has 0 bridgehead atoms. The number of aromatic nitrogens is 1. The van der Waals surface area contributed by atoms with Gasteiger partial charge in [-0.05, 0) is 30.0 Å². The lowest BCUT2D eigenvalue weighted by atomic mass is 10.0. The van der Waals surface area contributed by atoms with Gasteiger partial charge in [0.25, 0.3) is 0 Å². The topological polar surface area (TPSA) is 40.7 Å². The first-order chi connectivity index (χ1) is 13.9. The zero-order chi connectivity index (χ0) is 18.8. The molecule has 0 saturated carbocycles. The van der Waals surface area contributed by atoms with E-state index in [1.165, 1.54) is 22.0 Å². The Balaban J connectivity index is 1.16. The van der Waals surface area contributed by atoms with Gasteiger partial charge in [0.15, 0.2) is 12.0 Å². The average Bonchev–Trinajstić information content (AvgIpc) is 3.18. The number of para-hydroxylation sites is 1. The predicted octanol–water partition coefficient (Wildman–Crippen LogP) is 4.25. The SMILES string of the molecule is C1=CCCC(C2=COC(N3CCN(Cc4c[nH]c5ccccc45)CC3)=CO2)=C1. The quantitative estimate of drug-likeness (QED) is 0.867. The summed E-state index contributed by atoms with van der Waals surface area (Å²) < 4.78 is 11.7. The number of H-pyrrole nitrogens is 1. The molecule has 1 N–H and O–H groups in total. The summed E-state index contributed by atoms with van der Waals surface area (Å²) in [7, 11) is 0. The lowest BCUT2D eigenvalue weighted by Gasteiger charge is -2.36. The number of benzene rings is 1. The average molecular weight is 375 g/mol. The highest BCUT2D eigenvalue weighted by molar-refractivity contribution is 5.82. The third kappa shape index (κ3) is 3.45. The summed E-state index contributed by atoms with van der Waals surface area (Å²) in [5.74, 6) is 1.63. The molecular weight excluding hydrogens is 350 g/mol. The highest BCUT2D eigenvalue weighted by Gasteiger charge is 2.23. The smallest absolute Gasteiger partial charge is 0.231 e. The number of nitrogens with one attached hydrogen (secondary N) is 1. The van der Waals surface area contributed by atoms with E-state index in [9.17, 15) is 0 Å². The largest absolute Gasteiger partial charge is 0.456 e. The molecule has 0 atom stereocenters. The molecule has 5 rings (SSSR count). The molecule has 5 heteroatoms. The highest BCUT2D eigenvalue weighted by atomic mass is 16.6. The van der Waals surface area contributed by atoms with Gasteiger partial charge in [-0.15, -0.1) is 0 Å². The lowest BCUT2D eigenvalue weighted by molar-refractivity contribution is 0.0819. The van der Waals surface area contributed by atoms with Crippen molar-refractivity contribution < 1.29 is 9.47 Å². The number of nitrogens with zero attached hydrogens (tertiary/aromatic N) is 2. The molecule has 1 aromatic carbocycles.